The third kappa shape index (κ3) is 1.97. The number of nitrogens with zero attached hydrogens (tertiary/aromatic N) is 1. The summed E-state index contributed by atoms with van der Waals surface area (Å²) >= 11 is 0. The highest BCUT2D eigenvalue weighted by molar-refractivity contribution is 6.22. The summed E-state index contributed by atoms with van der Waals surface area (Å²) in [5, 5.41) is 0. The third-order valence-corrected chi connectivity index (χ3v) is 2.97. The fraction of sp³-hybridized carbons (Fsp3) is 0.0714. The summed E-state index contributed by atoms with van der Waals surface area (Å²) in [6.45, 7) is -0.405. The van der Waals surface area contributed by atoms with Crippen LogP contribution < -0.4 is 4.74 Å². The number of rotatable bonds is 3. The van der Waals surface area contributed by atoms with Gasteiger partial charge in [-0.05, 0) is 18.2 Å². The van der Waals surface area contributed by atoms with E-state index in [0.29, 0.717) is 16.9 Å². The number of hydrogen-bond acceptors (Lipinski definition) is 4. The maximum atomic E-state index is 12.0. The lowest BCUT2D eigenvalue weighted by Crippen LogP contribution is -2.36. The van der Waals surface area contributed by atoms with Crippen molar-refractivity contribution in [1.29, 1.82) is 0 Å². The molecule has 0 saturated carbocycles. The predicted octanol–water partition coefficient (Wildman–Crippen LogP) is 1.22. The molecule has 0 saturated heterocycles. The topological polar surface area (TPSA) is 79.5 Å². The molecule has 3 rings (SSSR count). The Morgan fingerprint density at radius 1 is 1.10 bits per heavy atom. The van der Waals surface area contributed by atoms with Crippen molar-refractivity contribution >= 4 is 17.8 Å². The number of aromatic amines is 1. The zero-order valence-corrected chi connectivity index (χ0v) is 10.3. The van der Waals surface area contributed by atoms with E-state index in [4.69, 9.17) is 4.74 Å². The molecule has 0 bridgehead atoms. The zero-order chi connectivity index (χ0) is 14.1. The van der Waals surface area contributed by atoms with Crippen LogP contribution in [0.3, 0.4) is 0 Å². The van der Waals surface area contributed by atoms with Crippen molar-refractivity contribution in [3.8, 4) is 5.75 Å². The van der Waals surface area contributed by atoms with Crippen molar-refractivity contribution < 1.29 is 19.1 Å². The van der Waals surface area contributed by atoms with Crippen molar-refractivity contribution in [1.82, 2.24) is 9.88 Å². The van der Waals surface area contributed by atoms with Gasteiger partial charge in [-0.1, -0.05) is 12.1 Å². The van der Waals surface area contributed by atoms with Crippen molar-refractivity contribution in [2.24, 2.45) is 0 Å². The second-order valence-corrected chi connectivity index (χ2v) is 4.26. The third-order valence-electron chi connectivity index (χ3n) is 2.97. The van der Waals surface area contributed by atoms with E-state index in [1.54, 1.807) is 36.5 Å². The molecule has 2 heterocycles. The van der Waals surface area contributed by atoms with Crippen LogP contribution in [0, 0.1) is 0 Å². The summed E-state index contributed by atoms with van der Waals surface area (Å²) in [5.41, 5.74) is 0.624. The standard InChI is InChI=1S/C14H10N2O4/c17-12(20-9-5-6-15-7-9)8-16-13(18)10-3-1-2-4-11(10)14(16)19/h1-7,15H,8H2. The zero-order valence-electron chi connectivity index (χ0n) is 10.3. The van der Waals surface area contributed by atoms with E-state index >= 15 is 0 Å². The number of carbonyl (C=O) groups is 3. The molecule has 0 fully saturated rings. The van der Waals surface area contributed by atoms with E-state index in [1.807, 2.05) is 0 Å². The first-order chi connectivity index (χ1) is 9.66. The van der Waals surface area contributed by atoms with Crippen LogP contribution in [0.1, 0.15) is 20.7 Å². The Labute approximate surface area is 114 Å². The summed E-state index contributed by atoms with van der Waals surface area (Å²) < 4.78 is 5.00. The molecular formula is C14H10N2O4. The van der Waals surface area contributed by atoms with Gasteiger partial charge in [0.1, 0.15) is 12.3 Å². The molecule has 0 spiro atoms. The molecular weight excluding hydrogens is 260 g/mol. The first kappa shape index (κ1) is 12.2. The minimum Gasteiger partial charge on any atom is -0.424 e. The molecule has 20 heavy (non-hydrogen) atoms. The normalized spacial score (nSPS) is 13.5. The molecule has 1 aliphatic heterocycles. The number of fused-ring (bicyclic) bond motifs is 1. The maximum Gasteiger partial charge on any atom is 0.331 e. The van der Waals surface area contributed by atoms with Gasteiger partial charge in [-0.2, -0.15) is 0 Å². The molecule has 1 aromatic heterocycles. The van der Waals surface area contributed by atoms with Gasteiger partial charge in [0.05, 0.1) is 11.1 Å². The quantitative estimate of drug-likeness (QED) is 0.671. The minimum absolute atomic E-state index is 0.312. The number of amides is 2. The number of carbonyl (C=O) groups excluding carboxylic acids is 3. The molecule has 2 amide bonds. The summed E-state index contributed by atoms with van der Waals surface area (Å²) in [6, 6.07) is 8.04. The van der Waals surface area contributed by atoms with Crippen LogP contribution in [0.2, 0.25) is 0 Å². The van der Waals surface area contributed by atoms with E-state index in [-0.39, 0.29) is 0 Å². The van der Waals surface area contributed by atoms with Gasteiger partial charge in [-0.25, -0.2) is 4.79 Å². The largest absolute Gasteiger partial charge is 0.424 e. The lowest BCUT2D eigenvalue weighted by atomic mass is 10.1. The number of ether oxygens (including phenoxy) is 1. The SMILES string of the molecule is O=C(CN1C(=O)c2ccccc2C1=O)Oc1cc[nH]c1. The summed E-state index contributed by atoms with van der Waals surface area (Å²) in [7, 11) is 0. The number of H-pyrrole nitrogens is 1. The maximum absolute atomic E-state index is 12.0. The molecule has 6 nitrogen and oxygen atoms in total. The number of nitrogens with one attached hydrogen (secondary N) is 1. The lowest BCUT2D eigenvalue weighted by Gasteiger charge is -2.12. The molecule has 2 aromatic rings. The van der Waals surface area contributed by atoms with Crippen molar-refractivity contribution in [3.05, 3.63) is 53.9 Å². The molecule has 0 atom stereocenters. The van der Waals surface area contributed by atoms with E-state index in [0.717, 1.165) is 4.90 Å². The number of imide groups is 1. The molecule has 0 aliphatic carbocycles. The Morgan fingerprint density at radius 2 is 1.75 bits per heavy atom. The molecule has 0 radical (unpaired) electrons. The molecule has 1 N–H and O–H groups in total. The van der Waals surface area contributed by atoms with Gasteiger partial charge in [-0.3, -0.25) is 14.5 Å². The number of benzene rings is 1. The van der Waals surface area contributed by atoms with Crippen LogP contribution in [0.4, 0.5) is 0 Å². The average Bonchev–Trinajstić information content (AvgIpc) is 3.03. The second kappa shape index (κ2) is 4.65. The van der Waals surface area contributed by atoms with Gasteiger partial charge >= 0.3 is 5.97 Å². The van der Waals surface area contributed by atoms with Gasteiger partial charge in [-0.15, -0.1) is 0 Å². The van der Waals surface area contributed by atoms with Gasteiger partial charge < -0.3 is 9.72 Å². The average molecular weight is 270 g/mol. The Kier molecular flexibility index (Phi) is 2.83. The van der Waals surface area contributed by atoms with Crippen LogP contribution in [0.15, 0.2) is 42.7 Å². The first-order valence-corrected chi connectivity index (χ1v) is 5.95. The van der Waals surface area contributed by atoms with Crippen molar-refractivity contribution in [2.45, 2.75) is 0 Å². The first-order valence-electron chi connectivity index (χ1n) is 5.95. The Balaban J connectivity index is 1.75. The second-order valence-electron chi connectivity index (χ2n) is 4.26. The van der Waals surface area contributed by atoms with Gasteiger partial charge in [0.15, 0.2) is 0 Å². The Morgan fingerprint density at radius 3 is 2.30 bits per heavy atom. The van der Waals surface area contributed by atoms with Gasteiger partial charge in [0.2, 0.25) is 0 Å². The lowest BCUT2D eigenvalue weighted by molar-refractivity contribution is -0.134. The highest BCUT2D eigenvalue weighted by Gasteiger charge is 2.36. The number of hydrogen-bond donors (Lipinski definition) is 1. The number of aromatic nitrogens is 1. The number of esters is 1. The highest BCUT2D eigenvalue weighted by atomic mass is 16.5. The van der Waals surface area contributed by atoms with Crippen molar-refractivity contribution in [2.75, 3.05) is 6.54 Å². The fourth-order valence-electron chi connectivity index (χ4n) is 2.05. The van der Waals surface area contributed by atoms with Crippen LogP contribution in [0.5, 0.6) is 5.75 Å². The summed E-state index contributed by atoms with van der Waals surface area (Å²) in [5.74, 6) is -1.28. The molecule has 0 unspecified atom stereocenters. The van der Waals surface area contributed by atoms with E-state index in [2.05, 4.69) is 4.98 Å². The van der Waals surface area contributed by atoms with Crippen LogP contribution in [-0.2, 0) is 4.79 Å². The minimum atomic E-state index is -0.667. The summed E-state index contributed by atoms with van der Waals surface area (Å²) in [6.07, 6.45) is 3.10. The highest BCUT2D eigenvalue weighted by Crippen LogP contribution is 2.22. The van der Waals surface area contributed by atoms with Crippen molar-refractivity contribution in [3.63, 3.8) is 0 Å². The Hall–Kier alpha value is -2.89. The van der Waals surface area contributed by atoms with Gasteiger partial charge in [0, 0.05) is 12.4 Å². The van der Waals surface area contributed by atoms with Crippen LogP contribution >= 0.6 is 0 Å². The molecule has 6 heteroatoms. The summed E-state index contributed by atoms with van der Waals surface area (Å²) in [4.78, 5) is 39.4. The molecule has 100 valence electrons. The Bertz CT molecular complexity index is 656. The van der Waals surface area contributed by atoms with E-state index in [9.17, 15) is 14.4 Å². The van der Waals surface area contributed by atoms with E-state index < -0.39 is 24.3 Å². The smallest absolute Gasteiger partial charge is 0.331 e. The predicted molar refractivity (Wildman–Crippen MR) is 68.2 cm³/mol. The fourth-order valence-corrected chi connectivity index (χ4v) is 2.05. The molecule has 1 aliphatic rings. The van der Waals surface area contributed by atoms with Crippen LogP contribution in [0.25, 0.3) is 0 Å². The van der Waals surface area contributed by atoms with Crippen LogP contribution in [-0.4, -0.2) is 34.2 Å². The van der Waals surface area contributed by atoms with Gasteiger partial charge in [0.25, 0.3) is 11.8 Å². The van der Waals surface area contributed by atoms with E-state index in [1.165, 1.54) is 6.20 Å². The monoisotopic (exact) mass is 270 g/mol. The molecule has 1 aromatic carbocycles.